The predicted octanol–water partition coefficient (Wildman–Crippen LogP) is 2.41. The molecule has 0 saturated heterocycles. The predicted molar refractivity (Wildman–Crippen MR) is 92.3 cm³/mol. The number of halogens is 1. The van der Waals surface area contributed by atoms with Crippen molar-refractivity contribution in [3.05, 3.63) is 90.0 Å². The van der Waals surface area contributed by atoms with Crippen LogP contribution in [0.25, 0.3) is 0 Å². The molecule has 3 aromatic rings. The molecule has 0 bridgehead atoms. The first-order valence-electron chi connectivity index (χ1n) is 7.96. The first-order valence-corrected chi connectivity index (χ1v) is 10.7. The lowest BCUT2D eigenvalue weighted by atomic mass is 10.2. The number of benzene rings is 3. The van der Waals surface area contributed by atoms with Gasteiger partial charge in [-0.3, -0.25) is 0 Å². The molecule has 3 rings (SSSR count). The Morgan fingerprint density at radius 2 is 1.23 bits per heavy atom. The van der Waals surface area contributed by atoms with Gasteiger partial charge in [-0.25, -0.2) is 0 Å². The molecule has 0 aliphatic rings. The lowest BCUT2D eigenvalue weighted by Gasteiger charge is -2.35. The molecule has 0 fully saturated rings. The molecule has 0 atom stereocenters. The summed E-state index contributed by atoms with van der Waals surface area (Å²) < 4.78 is 40.7. The second kappa shape index (κ2) is 7.40. The van der Waals surface area contributed by atoms with Gasteiger partial charge in [0, 0.05) is 14.7 Å². The van der Waals surface area contributed by atoms with Gasteiger partial charge >= 0.3 is 0 Å². The van der Waals surface area contributed by atoms with Crippen LogP contribution in [0.3, 0.4) is 0 Å². The minimum absolute atomic E-state index is 0.645. The molecule has 136 valence electrons. The van der Waals surface area contributed by atoms with Crippen LogP contribution in [0.1, 0.15) is 11.1 Å². The van der Waals surface area contributed by atoms with Crippen LogP contribution in [-0.2, 0) is 3.74 Å². The van der Waals surface area contributed by atoms with Gasteiger partial charge in [-0.05, 0) is 55.3 Å². The Kier molecular flexibility index (Phi) is 5.39. The van der Waals surface area contributed by atoms with E-state index in [0.717, 1.165) is 11.1 Å². The first-order chi connectivity index (χ1) is 12.3. The Balaban J connectivity index is 2.41. The SMILES string of the molecule is Cc1ccc(C)c(S(O[Cl+3]([O-])([O-])[O-])(c2ccccc2)c2ccccc2)c1. The molecular formula is C20H19ClO4S. The van der Waals surface area contributed by atoms with Gasteiger partial charge in [-0.2, -0.15) is 14.0 Å². The molecule has 0 aliphatic heterocycles. The molecule has 0 aromatic heterocycles. The molecule has 0 N–H and O–H groups in total. The number of hydrogen-bond donors (Lipinski definition) is 0. The number of aryl methyl sites for hydroxylation is 2. The lowest BCUT2D eigenvalue weighted by Crippen LogP contribution is -2.61. The van der Waals surface area contributed by atoms with Crippen LogP contribution < -0.4 is 14.0 Å². The molecule has 3 aromatic carbocycles. The standard InChI is InChI=1S/C20H19ClO4S/c1-16-13-14-17(2)20(15-16)26(25-21(22,23)24,18-9-5-3-6-10-18)19-11-7-4-8-12-19/h3-15H,1-2H3. The summed E-state index contributed by atoms with van der Waals surface area (Å²) >= 11 is 0. The van der Waals surface area contributed by atoms with Crippen LogP contribution in [0.15, 0.2) is 93.5 Å². The van der Waals surface area contributed by atoms with Crippen LogP contribution in [-0.4, -0.2) is 0 Å². The third-order valence-corrected chi connectivity index (χ3v) is 8.28. The summed E-state index contributed by atoms with van der Waals surface area (Å²) in [6, 6.07) is 23.8. The second-order valence-electron chi connectivity index (χ2n) is 5.89. The summed E-state index contributed by atoms with van der Waals surface area (Å²) in [4.78, 5) is 1.99. The van der Waals surface area contributed by atoms with Crippen molar-refractivity contribution in [3.8, 4) is 0 Å². The molecule has 0 radical (unpaired) electrons. The summed E-state index contributed by atoms with van der Waals surface area (Å²) in [6.07, 6.45) is 0. The summed E-state index contributed by atoms with van der Waals surface area (Å²) in [7, 11) is -7.41. The van der Waals surface area contributed by atoms with Crippen molar-refractivity contribution in [1.29, 1.82) is 0 Å². The quantitative estimate of drug-likeness (QED) is 0.670. The first kappa shape index (κ1) is 18.9. The van der Waals surface area contributed by atoms with Crippen LogP contribution in [0.5, 0.6) is 0 Å². The summed E-state index contributed by atoms with van der Waals surface area (Å²) in [5, 5.41) is 0. The normalized spacial score (nSPS) is 12.8. The van der Waals surface area contributed by atoms with Gasteiger partial charge < -0.3 is 0 Å². The van der Waals surface area contributed by atoms with E-state index in [1.807, 2.05) is 68.4 Å². The van der Waals surface area contributed by atoms with E-state index in [1.165, 1.54) is 0 Å². The van der Waals surface area contributed by atoms with Gasteiger partial charge in [0.25, 0.3) is 0 Å². The maximum absolute atomic E-state index is 11.8. The smallest absolute Gasteiger partial charge is 0.134 e. The zero-order valence-electron chi connectivity index (χ0n) is 14.4. The van der Waals surface area contributed by atoms with Crippen molar-refractivity contribution in [1.82, 2.24) is 0 Å². The van der Waals surface area contributed by atoms with Gasteiger partial charge in [-0.15, -0.1) is 0 Å². The highest BCUT2D eigenvalue weighted by Gasteiger charge is 2.47. The second-order valence-corrected chi connectivity index (χ2v) is 9.65. The molecule has 0 spiro atoms. The maximum atomic E-state index is 11.8. The van der Waals surface area contributed by atoms with E-state index in [0.29, 0.717) is 14.7 Å². The van der Waals surface area contributed by atoms with E-state index in [-0.39, 0.29) is 0 Å². The third kappa shape index (κ3) is 3.78. The largest absolute Gasteiger partial charge is 0.182 e. The van der Waals surface area contributed by atoms with Gasteiger partial charge in [-0.1, -0.05) is 48.5 Å². The number of rotatable bonds is 5. The summed E-state index contributed by atoms with van der Waals surface area (Å²) in [6.45, 7) is 3.81. The molecule has 0 amide bonds. The van der Waals surface area contributed by atoms with Crippen molar-refractivity contribution in [2.24, 2.45) is 0 Å². The molecule has 0 heterocycles. The van der Waals surface area contributed by atoms with E-state index in [1.54, 1.807) is 24.3 Å². The molecule has 0 aliphatic carbocycles. The minimum Gasteiger partial charge on any atom is -0.182 e. The highest BCUT2D eigenvalue weighted by molar-refractivity contribution is 8.30. The molecule has 0 unspecified atom stereocenters. The van der Waals surface area contributed by atoms with Crippen molar-refractivity contribution in [3.63, 3.8) is 0 Å². The Morgan fingerprint density at radius 3 is 1.69 bits per heavy atom. The Hall–Kier alpha value is -1.86. The molecule has 6 heteroatoms. The third-order valence-electron chi connectivity index (χ3n) is 3.98. The van der Waals surface area contributed by atoms with Crippen molar-refractivity contribution < 1.29 is 28.0 Å². The highest BCUT2D eigenvalue weighted by Crippen LogP contribution is 2.70. The molecule has 4 nitrogen and oxygen atoms in total. The van der Waals surface area contributed by atoms with E-state index in [9.17, 15) is 14.0 Å². The van der Waals surface area contributed by atoms with E-state index in [4.69, 9.17) is 3.74 Å². The van der Waals surface area contributed by atoms with Gasteiger partial charge in [0.15, 0.2) is 0 Å². The van der Waals surface area contributed by atoms with Crippen LogP contribution in [0.4, 0.5) is 0 Å². The molecule has 0 saturated carbocycles. The fraction of sp³-hybridized carbons (Fsp3) is 0.100. The average Bonchev–Trinajstić information content (AvgIpc) is 2.62. The van der Waals surface area contributed by atoms with Crippen LogP contribution >= 0.6 is 10.3 Å². The topological polar surface area (TPSA) is 78.4 Å². The fourth-order valence-corrected chi connectivity index (χ4v) is 7.37. The van der Waals surface area contributed by atoms with Gasteiger partial charge in [0.05, 0.1) is 20.6 Å². The monoisotopic (exact) mass is 390 g/mol. The van der Waals surface area contributed by atoms with Crippen LogP contribution in [0, 0.1) is 24.1 Å². The number of hydrogen-bond acceptors (Lipinski definition) is 4. The van der Waals surface area contributed by atoms with Gasteiger partial charge in [0.1, 0.15) is 3.74 Å². The van der Waals surface area contributed by atoms with Crippen molar-refractivity contribution in [2.75, 3.05) is 0 Å². The lowest BCUT2D eigenvalue weighted by molar-refractivity contribution is -1.91. The Bertz CT molecular complexity index is 840. The zero-order valence-corrected chi connectivity index (χ0v) is 16.0. The Morgan fingerprint density at radius 1 is 0.731 bits per heavy atom. The minimum atomic E-state index is -4.66. The molecule has 26 heavy (non-hydrogen) atoms. The van der Waals surface area contributed by atoms with Crippen molar-refractivity contribution >= 4 is 10.3 Å². The average molecular weight is 391 g/mol. The summed E-state index contributed by atoms with van der Waals surface area (Å²) in [5.41, 5.74) is 1.81. The maximum Gasteiger partial charge on any atom is 0.134 e. The van der Waals surface area contributed by atoms with E-state index < -0.39 is 20.6 Å². The molecular weight excluding hydrogens is 372 g/mol. The van der Waals surface area contributed by atoms with Gasteiger partial charge in [0.2, 0.25) is 0 Å². The highest BCUT2D eigenvalue weighted by atomic mass is 35.7. The van der Waals surface area contributed by atoms with Crippen molar-refractivity contribution in [2.45, 2.75) is 28.5 Å². The fourth-order valence-electron chi connectivity index (χ4n) is 2.85. The van der Waals surface area contributed by atoms with Crippen LogP contribution in [0.2, 0.25) is 0 Å². The Labute approximate surface area is 157 Å². The summed E-state index contributed by atoms with van der Waals surface area (Å²) in [5.74, 6) is 0. The zero-order chi connectivity index (χ0) is 18.8. The van der Waals surface area contributed by atoms with E-state index >= 15 is 0 Å². The van der Waals surface area contributed by atoms with E-state index in [2.05, 4.69) is 0 Å².